The summed E-state index contributed by atoms with van der Waals surface area (Å²) in [5.41, 5.74) is -0.944. The molecule has 0 heterocycles. The van der Waals surface area contributed by atoms with Gasteiger partial charge in [-0.3, -0.25) is 0 Å². The monoisotopic (exact) mass is 524 g/mol. The quantitative estimate of drug-likeness (QED) is 0.0524. The normalized spacial score (nSPS) is 12.0. The van der Waals surface area contributed by atoms with E-state index in [0.29, 0.717) is 18.7 Å². The minimum Gasteiger partial charge on any atom is -0.394 e. The first kappa shape index (κ1) is 32.0. The molecule has 0 spiro atoms. The van der Waals surface area contributed by atoms with Gasteiger partial charge in [0.2, 0.25) is 5.82 Å². The zero-order valence-corrected chi connectivity index (χ0v) is 22.9. The van der Waals surface area contributed by atoms with Gasteiger partial charge in [-0.05, 0) is 18.5 Å². The SMILES string of the molecule is CCCCCCCCCCCCCCCCO[Si](CC)(CC)OCc1c(F)c(F)c(F)c(F)c1F. The van der Waals surface area contributed by atoms with Crippen LogP contribution in [0.4, 0.5) is 22.0 Å². The molecule has 0 bridgehead atoms. The lowest BCUT2D eigenvalue weighted by Crippen LogP contribution is -2.41. The van der Waals surface area contributed by atoms with Crippen LogP contribution in [0.2, 0.25) is 12.1 Å². The molecule has 1 aromatic carbocycles. The highest BCUT2D eigenvalue weighted by molar-refractivity contribution is 6.67. The van der Waals surface area contributed by atoms with E-state index in [0.717, 1.165) is 19.3 Å². The summed E-state index contributed by atoms with van der Waals surface area (Å²) in [5.74, 6) is -9.75. The number of hydrogen-bond donors (Lipinski definition) is 0. The summed E-state index contributed by atoms with van der Waals surface area (Å²) in [6, 6.07) is 1.05. The van der Waals surface area contributed by atoms with E-state index in [9.17, 15) is 22.0 Å². The lowest BCUT2D eigenvalue weighted by Gasteiger charge is -2.29. The second kappa shape index (κ2) is 18.3. The molecule has 204 valence electrons. The molecule has 0 radical (unpaired) electrons. The predicted molar refractivity (Wildman–Crippen MR) is 134 cm³/mol. The fourth-order valence-electron chi connectivity index (χ4n) is 4.24. The molecule has 1 aromatic rings. The molecule has 35 heavy (non-hydrogen) atoms. The second-order valence-electron chi connectivity index (χ2n) is 9.40. The molecule has 0 aliphatic rings. The minimum absolute atomic E-state index is 0.475. The van der Waals surface area contributed by atoms with Gasteiger partial charge in [-0.2, -0.15) is 0 Å². The van der Waals surface area contributed by atoms with Crippen molar-refractivity contribution in [2.45, 2.75) is 129 Å². The Hall–Kier alpha value is -0.993. The molecule has 0 N–H and O–H groups in total. The van der Waals surface area contributed by atoms with Crippen LogP contribution < -0.4 is 0 Å². The maximum Gasteiger partial charge on any atom is 0.337 e. The highest BCUT2D eigenvalue weighted by atomic mass is 28.4. The van der Waals surface area contributed by atoms with Crippen LogP contribution in [0.3, 0.4) is 0 Å². The number of unbranched alkanes of at least 4 members (excludes halogenated alkanes) is 13. The van der Waals surface area contributed by atoms with Gasteiger partial charge < -0.3 is 8.85 Å². The fraction of sp³-hybridized carbons (Fsp3) is 0.778. The average molecular weight is 525 g/mol. The summed E-state index contributed by atoms with van der Waals surface area (Å²) >= 11 is 0. The Bertz CT molecular complexity index is 684. The molecule has 0 unspecified atom stereocenters. The number of benzene rings is 1. The smallest absolute Gasteiger partial charge is 0.337 e. The van der Waals surface area contributed by atoms with Crippen LogP contribution in [0.1, 0.15) is 116 Å². The Morgan fingerprint density at radius 1 is 0.486 bits per heavy atom. The van der Waals surface area contributed by atoms with E-state index in [4.69, 9.17) is 8.85 Å². The van der Waals surface area contributed by atoms with Gasteiger partial charge in [0.15, 0.2) is 23.3 Å². The van der Waals surface area contributed by atoms with Crippen molar-refractivity contribution in [2.75, 3.05) is 6.61 Å². The lowest BCUT2D eigenvalue weighted by atomic mass is 10.0. The molecule has 0 saturated heterocycles. The Kier molecular flexibility index (Phi) is 16.7. The molecule has 0 aliphatic carbocycles. The summed E-state index contributed by atoms with van der Waals surface area (Å²) in [6.45, 7) is 5.74. The molecular weight excluding hydrogens is 479 g/mol. The van der Waals surface area contributed by atoms with Gasteiger partial charge in [0.25, 0.3) is 0 Å². The molecule has 0 aliphatic heterocycles. The average Bonchev–Trinajstić information content (AvgIpc) is 2.87. The highest BCUT2D eigenvalue weighted by Crippen LogP contribution is 2.27. The highest BCUT2D eigenvalue weighted by Gasteiger charge is 2.35. The number of halogens is 5. The van der Waals surface area contributed by atoms with Crippen LogP contribution in [-0.2, 0) is 15.5 Å². The van der Waals surface area contributed by atoms with Crippen LogP contribution >= 0.6 is 0 Å². The van der Waals surface area contributed by atoms with Gasteiger partial charge in [-0.1, -0.05) is 104 Å². The third-order valence-corrected chi connectivity index (χ3v) is 10.3. The van der Waals surface area contributed by atoms with E-state index in [2.05, 4.69) is 6.92 Å². The lowest BCUT2D eigenvalue weighted by molar-refractivity contribution is 0.153. The first-order chi connectivity index (χ1) is 16.8. The van der Waals surface area contributed by atoms with Gasteiger partial charge in [-0.25, -0.2) is 22.0 Å². The maximum atomic E-state index is 14.0. The summed E-state index contributed by atoms with van der Waals surface area (Å²) in [4.78, 5) is 0. The summed E-state index contributed by atoms with van der Waals surface area (Å²) in [6.07, 6.45) is 17.6. The van der Waals surface area contributed by atoms with E-state index in [1.807, 2.05) is 13.8 Å². The van der Waals surface area contributed by atoms with Crippen molar-refractivity contribution in [3.8, 4) is 0 Å². The van der Waals surface area contributed by atoms with E-state index >= 15 is 0 Å². The molecule has 8 heteroatoms. The van der Waals surface area contributed by atoms with Gasteiger partial charge in [0.1, 0.15) is 0 Å². The Morgan fingerprint density at radius 3 is 1.26 bits per heavy atom. The van der Waals surface area contributed by atoms with Crippen LogP contribution in [-0.4, -0.2) is 15.2 Å². The second-order valence-corrected chi connectivity index (χ2v) is 13.2. The van der Waals surface area contributed by atoms with Gasteiger partial charge in [0, 0.05) is 6.61 Å². The van der Waals surface area contributed by atoms with E-state index < -0.39 is 49.8 Å². The number of hydrogen-bond acceptors (Lipinski definition) is 2. The molecule has 0 saturated carbocycles. The van der Waals surface area contributed by atoms with Crippen molar-refractivity contribution >= 4 is 8.56 Å². The zero-order valence-electron chi connectivity index (χ0n) is 21.9. The van der Waals surface area contributed by atoms with Gasteiger partial charge in [0.05, 0.1) is 12.2 Å². The maximum absolute atomic E-state index is 14.0. The van der Waals surface area contributed by atoms with E-state index in [1.165, 1.54) is 70.6 Å². The van der Waals surface area contributed by atoms with Crippen molar-refractivity contribution in [3.63, 3.8) is 0 Å². The number of rotatable bonds is 21. The van der Waals surface area contributed by atoms with Crippen molar-refractivity contribution in [1.29, 1.82) is 0 Å². The predicted octanol–water partition coefficient (Wildman–Crippen LogP) is 9.88. The fourth-order valence-corrected chi connectivity index (χ4v) is 6.56. The molecule has 2 nitrogen and oxygen atoms in total. The molecule has 1 rings (SSSR count). The van der Waals surface area contributed by atoms with Gasteiger partial charge >= 0.3 is 8.56 Å². The third kappa shape index (κ3) is 11.3. The van der Waals surface area contributed by atoms with Crippen molar-refractivity contribution in [2.24, 2.45) is 0 Å². The Morgan fingerprint density at radius 2 is 0.857 bits per heavy atom. The molecular formula is C27H45F5O2Si. The third-order valence-electron chi connectivity index (χ3n) is 6.72. The van der Waals surface area contributed by atoms with Crippen molar-refractivity contribution < 1.29 is 30.8 Å². The van der Waals surface area contributed by atoms with Gasteiger partial charge in [-0.15, -0.1) is 0 Å². The van der Waals surface area contributed by atoms with E-state index in [1.54, 1.807) is 0 Å². The molecule has 0 amide bonds. The standard InChI is InChI=1S/C27H45F5O2Si/c1-4-7-8-9-10-11-12-13-14-15-16-17-18-19-20-33-35(5-2,6-3)34-21-22-23(28)25(30)27(32)26(31)24(22)29/h4-21H2,1-3H3. The van der Waals surface area contributed by atoms with Crippen LogP contribution in [0.5, 0.6) is 0 Å². The molecule has 0 fully saturated rings. The zero-order chi connectivity index (χ0) is 26.1. The van der Waals surface area contributed by atoms with Crippen molar-refractivity contribution in [1.82, 2.24) is 0 Å². The topological polar surface area (TPSA) is 18.5 Å². The van der Waals surface area contributed by atoms with Crippen LogP contribution in [0, 0.1) is 29.1 Å². The minimum atomic E-state index is -2.80. The first-order valence-electron chi connectivity index (χ1n) is 13.6. The largest absolute Gasteiger partial charge is 0.394 e. The first-order valence-corrected chi connectivity index (χ1v) is 15.8. The van der Waals surface area contributed by atoms with Crippen LogP contribution in [0.25, 0.3) is 0 Å². The molecule has 0 aromatic heterocycles. The van der Waals surface area contributed by atoms with Crippen molar-refractivity contribution in [3.05, 3.63) is 34.6 Å². The Labute approximate surface area is 210 Å². The summed E-state index contributed by atoms with van der Waals surface area (Å²) in [7, 11) is -2.80. The molecule has 0 atom stereocenters. The van der Waals surface area contributed by atoms with Crippen LogP contribution in [0.15, 0.2) is 0 Å². The van der Waals surface area contributed by atoms with E-state index in [-0.39, 0.29) is 0 Å². The summed E-state index contributed by atoms with van der Waals surface area (Å²) < 4.78 is 79.8. The summed E-state index contributed by atoms with van der Waals surface area (Å²) in [5, 5.41) is 0. The Balaban J connectivity index is 2.25.